The molecule has 0 radical (unpaired) electrons. The molecule has 0 saturated heterocycles. The Morgan fingerprint density at radius 3 is 1.95 bits per heavy atom. The van der Waals surface area contributed by atoms with E-state index in [9.17, 15) is 18.0 Å². The number of rotatable bonds is 3. The largest absolute Gasteiger partial charge is 0.417 e. The molecule has 0 atom stereocenters. The van der Waals surface area contributed by atoms with Crippen LogP contribution in [0.15, 0.2) is 24.3 Å². The van der Waals surface area contributed by atoms with Gasteiger partial charge in [0, 0.05) is 12.1 Å². The summed E-state index contributed by atoms with van der Waals surface area (Å²) in [6.45, 7) is 7.14. The first kappa shape index (κ1) is 15.5. The summed E-state index contributed by atoms with van der Waals surface area (Å²) in [6.07, 6.45) is -4.52. The van der Waals surface area contributed by atoms with E-state index in [0.29, 0.717) is 0 Å². The first-order valence-electron chi connectivity index (χ1n) is 6.15. The molecule has 19 heavy (non-hydrogen) atoms. The van der Waals surface area contributed by atoms with Crippen molar-refractivity contribution in [3.63, 3.8) is 0 Å². The molecule has 1 aromatic rings. The Kier molecular flexibility index (Phi) is 4.61. The van der Waals surface area contributed by atoms with Crippen molar-refractivity contribution in [2.75, 3.05) is 0 Å². The van der Waals surface area contributed by atoms with Crippen LogP contribution in [0.3, 0.4) is 0 Å². The quantitative estimate of drug-likeness (QED) is 0.816. The molecule has 5 heteroatoms. The van der Waals surface area contributed by atoms with Crippen molar-refractivity contribution in [1.82, 2.24) is 4.90 Å². The third-order valence-electron chi connectivity index (χ3n) is 2.81. The smallest absolute Gasteiger partial charge is 0.334 e. The van der Waals surface area contributed by atoms with Crippen LogP contribution < -0.4 is 0 Å². The molecule has 0 aliphatic rings. The minimum Gasteiger partial charge on any atom is -0.334 e. The molecule has 0 aromatic heterocycles. The number of nitrogens with zero attached hydrogens (tertiary/aromatic N) is 1. The summed E-state index contributed by atoms with van der Waals surface area (Å²) in [5, 5.41) is 0. The standard InChI is InChI=1S/C14H18F3NO/c1-9(2)18(10(3)4)13(19)11-7-5-6-8-12(11)14(15,16)17/h5-10H,1-4H3. The second kappa shape index (κ2) is 5.63. The molecular formula is C14H18F3NO. The highest BCUT2D eigenvalue weighted by molar-refractivity contribution is 5.96. The van der Waals surface area contributed by atoms with E-state index in [1.807, 2.05) is 0 Å². The van der Waals surface area contributed by atoms with E-state index < -0.39 is 17.6 Å². The van der Waals surface area contributed by atoms with E-state index in [1.165, 1.54) is 23.1 Å². The third kappa shape index (κ3) is 3.49. The number of hydrogen-bond donors (Lipinski definition) is 0. The number of carbonyl (C=O) groups is 1. The summed E-state index contributed by atoms with van der Waals surface area (Å²) in [6, 6.07) is 4.58. The second-order valence-electron chi connectivity index (χ2n) is 4.94. The lowest BCUT2D eigenvalue weighted by molar-refractivity contribution is -0.138. The van der Waals surface area contributed by atoms with Crippen molar-refractivity contribution in [1.29, 1.82) is 0 Å². The Bertz CT molecular complexity index is 444. The van der Waals surface area contributed by atoms with Gasteiger partial charge in [-0.15, -0.1) is 0 Å². The number of alkyl halides is 3. The Balaban J connectivity index is 3.27. The minimum atomic E-state index is -4.52. The average Bonchev–Trinajstić information content (AvgIpc) is 2.26. The van der Waals surface area contributed by atoms with Gasteiger partial charge in [0.1, 0.15) is 0 Å². The molecule has 0 heterocycles. The molecule has 0 unspecified atom stereocenters. The molecule has 1 amide bonds. The zero-order valence-corrected chi connectivity index (χ0v) is 11.5. The molecular weight excluding hydrogens is 255 g/mol. The summed E-state index contributed by atoms with van der Waals surface area (Å²) in [4.78, 5) is 13.8. The molecule has 0 N–H and O–H groups in total. The molecule has 1 rings (SSSR count). The normalized spacial score (nSPS) is 12.1. The van der Waals surface area contributed by atoms with Gasteiger partial charge in [0.2, 0.25) is 0 Å². The SMILES string of the molecule is CC(C)N(C(=O)c1ccccc1C(F)(F)F)C(C)C. The van der Waals surface area contributed by atoms with E-state index in [-0.39, 0.29) is 17.6 Å². The highest BCUT2D eigenvalue weighted by atomic mass is 19.4. The predicted octanol–water partition coefficient (Wildman–Crippen LogP) is 3.96. The summed E-state index contributed by atoms with van der Waals surface area (Å²) in [7, 11) is 0. The van der Waals surface area contributed by atoms with Crippen LogP contribution in [0.4, 0.5) is 13.2 Å². The van der Waals surface area contributed by atoms with Gasteiger partial charge >= 0.3 is 6.18 Å². The summed E-state index contributed by atoms with van der Waals surface area (Å²) < 4.78 is 38.7. The molecule has 0 aliphatic carbocycles. The van der Waals surface area contributed by atoms with Gasteiger partial charge in [-0.3, -0.25) is 4.79 Å². The van der Waals surface area contributed by atoms with Gasteiger partial charge in [0.05, 0.1) is 11.1 Å². The van der Waals surface area contributed by atoms with Gasteiger partial charge in [-0.05, 0) is 39.8 Å². The van der Waals surface area contributed by atoms with Crippen molar-refractivity contribution >= 4 is 5.91 Å². The van der Waals surface area contributed by atoms with E-state index in [1.54, 1.807) is 27.7 Å². The topological polar surface area (TPSA) is 20.3 Å². The van der Waals surface area contributed by atoms with Crippen LogP contribution in [0, 0.1) is 0 Å². The minimum absolute atomic E-state index is 0.159. The molecule has 106 valence electrons. The fourth-order valence-electron chi connectivity index (χ4n) is 2.12. The average molecular weight is 273 g/mol. The molecule has 0 spiro atoms. The van der Waals surface area contributed by atoms with Gasteiger partial charge in [-0.1, -0.05) is 12.1 Å². The lowest BCUT2D eigenvalue weighted by Gasteiger charge is -2.31. The van der Waals surface area contributed by atoms with E-state index in [4.69, 9.17) is 0 Å². The fraction of sp³-hybridized carbons (Fsp3) is 0.500. The fourth-order valence-corrected chi connectivity index (χ4v) is 2.12. The zero-order chi connectivity index (χ0) is 14.8. The van der Waals surface area contributed by atoms with Crippen molar-refractivity contribution in [3.8, 4) is 0 Å². The molecule has 1 aromatic carbocycles. The lowest BCUT2D eigenvalue weighted by Crippen LogP contribution is -2.42. The Morgan fingerprint density at radius 1 is 1.05 bits per heavy atom. The van der Waals surface area contributed by atoms with Crippen molar-refractivity contribution < 1.29 is 18.0 Å². The number of amides is 1. The van der Waals surface area contributed by atoms with Gasteiger partial charge in [0.25, 0.3) is 5.91 Å². The summed E-state index contributed by atoms with van der Waals surface area (Å²) in [5.41, 5.74) is -1.18. The van der Waals surface area contributed by atoms with Crippen LogP contribution in [0.2, 0.25) is 0 Å². The van der Waals surface area contributed by atoms with Crippen molar-refractivity contribution in [2.45, 2.75) is 46.0 Å². The van der Waals surface area contributed by atoms with E-state index in [0.717, 1.165) is 6.07 Å². The van der Waals surface area contributed by atoms with Gasteiger partial charge in [-0.2, -0.15) is 13.2 Å². The summed E-state index contributed by atoms with van der Waals surface area (Å²) in [5.74, 6) is -0.585. The lowest BCUT2D eigenvalue weighted by atomic mass is 10.0. The van der Waals surface area contributed by atoms with Crippen LogP contribution in [0.5, 0.6) is 0 Å². The molecule has 0 fully saturated rings. The molecule has 0 bridgehead atoms. The maximum absolute atomic E-state index is 12.9. The highest BCUT2D eigenvalue weighted by Gasteiger charge is 2.36. The number of hydrogen-bond acceptors (Lipinski definition) is 1. The van der Waals surface area contributed by atoms with Gasteiger partial charge in [-0.25, -0.2) is 0 Å². The van der Waals surface area contributed by atoms with Crippen LogP contribution in [0.25, 0.3) is 0 Å². The second-order valence-corrected chi connectivity index (χ2v) is 4.94. The monoisotopic (exact) mass is 273 g/mol. The number of benzene rings is 1. The molecule has 0 saturated carbocycles. The van der Waals surface area contributed by atoms with Crippen LogP contribution in [-0.2, 0) is 6.18 Å². The maximum atomic E-state index is 12.9. The summed E-state index contributed by atoms with van der Waals surface area (Å²) >= 11 is 0. The molecule has 0 aliphatic heterocycles. The highest BCUT2D eigenvalue weighted by Crippen LogP contribution is 2.32. The first-order valence-corrected chi connectivity index (χ1v) is 6.15. The Hall–Kier alpha value is -1.52. The Labute approximate surface area is 111 Å². The van der Waals surface area contributed by atoms with E-state index in [2.05, 4.69) is 0 Å². The number of carbonyl (C=O) groups excluding carboxylic acids is 1. The van der Waals surface area contributed by atoms with E-state index >= 15 is 0 Å². The third-order valence-corrected chi connectivity index (χ3v) is 2.81. The van der Waals surface area contributed by atoms with Crippen molar-refractivity contribution in [3.05, 3.63) is 35.4 Å². The van der Waals surface area contributed by atoms with Crippen molar-refractivity contribution in [2.24, 2.45) is 0 Å². The first-order chi connectivity index (χ1) is 8.66. The zero-order valence-electron chi connectivity index (χ0n) is 11.5. The molecule has 2 nitrogen and oxygen atoms in total. The predicted molar refractivity (Wildman–Crippen MR) is 67.9 cm³/mol. The van der Waals surface area contributed by atoms with Crippen LogP contribution in [0.1, 0.15) is 43.6 Å². The maximum Gasteiger partial charge on any atom is 0.417 e. The number of halogens is 3. The van der Waals surface area contributed by atoms with Gasteiger partial charge < -0.3 is 4.90 Å². The van der Waals surface area contributed by atoms with Gasteiger partial charge in [0.15, 0.2) is 0 Å². The Morgan fingerprint density at radius 2 is 1.53 bits per heavy atom. The van der Waals surface area contributed by atoms with Crippen LogP contribution in [-0.4, -0.2) is 22.9 Å². The van der Waals surface area contributed by atoms with Crippen LogP contribution >= 0.6 is 0 Å².